The van der Waals surface area contributed by atoms with Crippen LogP contribution >= 0.6 is 0 Å². The first-order chi connectivity index (χ1) is 8.74. The van der Waals surface area contributed by atoms with Crippen LogP contribution < -0.4 is 4.74 Å². The van der Waals surface area contributed by atoms with E-state index in [0.717, 1.165) is 30.4 Å². The Morgan fingerprint density at radius 3 is 3.00 bits per heavy atom. The highest BCUT2D eigenvalue weighted by molar-refractivity contribution is 5.76. The third-order valence-corrected chi connectivity index (χ3v) is 3.56. The molecule has 1 aromatic carbocycles. The molecule has 1 N–H and O–H groups in total. The predicted molar refractivity (Wildman–Crippen MR) is 64.3 cm³/mol. The number of hydrogen-bond acceptors (Lipinski definition) is 4. The fourth-order valence-electron chi connectivity index (χ4n) is 2.59. The molecule has 4 nitrogen and oxygen atoms in total. The summed E-state index contributed by atoms with van der Waals surface area (Å²) in [5, 5.41) is 9.86. The Morgan fingerprint density at radius 2 is 2.22 bits per heavy atom. The lowest BCUT2D eigenvalue weighted by molar-refractivity contribution is -0.143. The minimum atomic E-state index is -0.475. The van der Waals surface area contributed by atoms with E-state index in [1.165, 1.54) is 0 Å². The van der Waals surface area contributed by atoms with Crippen molar-refractivity contribution in [3.63, 3.8) is 0 Å². The van der Waals surface area contributed by atoms with Crippen LogP contribution in [0.25, 0.3) is 0 Å². The average molecular weight is 248 g/mol. The first-order valence-electron chi connectivity index (χ1n) is 6.38. The van der Waals surface area contributed by atoms with Crippen molar-refractivity contribution >= 4 is 5.97 Å². The van der Waals surface area contributed by atoms with Gasteiger partial charge >= 0.3 is 5.97 Å². The number of ether oxygens (including phenoxy) is 2. The van der Waals surface area contributed by atoms with Crippen molar-refractivity contribution in [2.24, 2.45) is 0 Å². The van der Waals surface area contributed by atoms with Crippen LogP contribution in [0.5, 0.6) is 5.75 Å². The van der Waals surface area contributed by atoms with E-state index in [0.29, 0.717) is 18.8 Å². The number of fused-ring (bicyclic) bond motifs is 1. The Morgan fingerprint density at radius 1 is 1.33 bits per heavy atom. The first-order valence-corrected chi connectivity index (χ1v) is 6.38. The molecule has 2 atom stereocenters. The highest BCUT2D eigenvalue weighted by atomic mass is 16.6. The van der Waals surface area contributed by atoms with Gasteiger partial charge in [-0.25, -0.2) is 4.79 Å². The summed E-state index contributed by atoms with van der Waals surface area (Å²) in [6.45, 7) is 0.438. The fourth-order valence-corrected chi connectivity index (χ4v) is 2.59. The van der Waals surface area contributed by atoms with Gasteiger partial charge in [0.2, 0.25) is 0 Å². The molecule has 2 unspecified atom stereocenters. The number of hydrogen-bond donors (Lipinski definition) is 1. The molecule has 0 saturated carbocycles. The molecule has 1 aromatic rings. The second-order valence-corrected chi connectivity index (χ2v) is 4.83. The first kappa shape index (κ1) is 11.5. The maximum absolute atomic E-state index is 11.3. The molecule has 1 saturated heterocycles. The van der Waals surface area contributed by atoms with E-state index in [1.54, 1.807) is 0 Å². The van der Waals surface area contributed by atoms with Crippen molar-refractivity contribution in [1.82, 2.24) is 0 Å². The van der Waals surface area contributed by atoms with Crippen LogP contribution in [0.3, 0.4) is 0 Å². The van der Waals surface area contributed by atoms with E-state index < -0.39 is 6.10 Å². The second-order valence-electron chi connectivity index (χ2n) is 4.83. The number of rotatable bonds is 2. The molecule has 0 amide bonds. The molecule has 18 heavy (non-hydrogen) atoms. The topological polar surface area (TPSA) is 55.8 Å². The van der Waals surface area contributed by atoms with E-state index >= 15 is 0 Å². The van der Waals surface area contributed by atoms with Crippen LogP contribution in [0.4, 0.5) is 0 Å². The van der Waals surface area contributed by atoms with Crippen molar-refractivity contribution < 1.29 is 19.4 Å². The Hall–Kier alpha value is -1.55. The lowest BCUT2D eigenvalue weighted by Gasteiger charge is -2.22. The van der Waals surface area contributed by atoms with Gasteiger partial charge in [0.05, 0.1) is 12.7 Å². The number of aliphatic hydroxyl groups excluding tert-OH is 1. The van der Waals surface area contributed by atoms with Crippen LogP contribution in [0.1, 0.15) is 36.5 Å². The molecule has 96 valence electrons. The fraction of sp³-hybridized carbons (Fsp3) is 0.500. The second kappa shape index (κ2) is 4.61. The molecule has 1 aliphatic carbocycles. The lowest BCUT2D eigenvalue weighted by atomic mass is 9.89. The zero-order valence-electron chi connectivity index (χ0n) is 10.1. The molecule has 2 aliphatic rings. The van der Waals surface area contributed by atoms with Crippen LogP contribution in [-0.2, 0) is 16.0 Å². The molecule has 0 spiro atoms. The van der Waals surface area contributed by atoms with Crippen LogP contribution in [0.2, 0.25) is 0 Å². The summed E-state index contributed by atoms with van der Waals surface area (Å²) in [6.07, 6.45) is 2.54. The Bertz CT molecular complexity index is 469. The summed E-state index contributed by atoms with van der Waals surface area (Å²) in [4.78, 5) is 11.3. The molecule has 0 radical (unpaired) electrons. The van der Waals surface area contributed by atoms with Crippen LogP contribution in [-0.4, -0.2) is 23.8 Å². The number of aliphatic hydroxyl groups is 1. The van der Waals surface area contributed by atoms with Crippen molar-refractivity contribution in [2.75, 3.05) is 6.61 Å². The summed E-state index contributed by atoms with van der Waals surface area (Å²) >= 11 is 0. The highest BCUT2D eigenvalue weighted by Crippen LogP contribution is 2.32. The smallest absolute Gasteiger partial charge is 0.347 e. The van der Waals surface area contributed by atoms with E-state index in [9.17, 15) is 9.90 Å². The van der Waals surface area contributed by atoms with E-state index in [-0.39, 0.29) is 12.1 Å². The van der Waals surface area contributed by atoms with Crippen LogP contribution in [0, 0.1) is 0 Å². The minimum absolute atomic E-state index is 0.284. The molecule has 1 aliphatic heterocycles. The molecule has 4 heteroatoms. The molecule has 3 rings (SSSR count). The normalized spacial score (nSPS) is 26.6. The van der Waals surface area contributed by atoms with Gasteiger partial charge < -0.3 is 14.6 Å². The number of benzene rings is 1. The quantitative estimate of drug-likeness (QED) is 0.810. The summed E-state index contributed by atoms with van der Waals surface area (Å²) in [5.74, 6) is 0.402. The summed E-state index contributed by atoms with van der Waals surface area (Å²) in [5.41, 5.74) is 2.11. The number of carbonyl (C=O) groups excluding carboxylic acids is 1. The summed E-state index contributed by atoms with van der Waals surface area (Å²) in [7, 11) is 0. The number of esters is 1. The third-order valence-electron chi connectivity index (χ3n) is 3.56. The summed E-state index contributed by atoms with van der Waals surface area (Å²) in [6, 6.07) is 5.65. The van der Waals surface area contributed by atoms with Gasteiger partial charge in [-0.05, 0) is 42.5 Å². The molecule has 1 heterocycles. The number of carbonyl (C=O) groups is 1. The standard InChI is InChI=1S/C14H16O4/c15-12-3-1-2-9-8-10(4-5-11(9)12)18-13-6-7-17-14(13)16/h4-5,8,12-13,15H,1-3,6-7H2. The van der Waals surface area contributed by atoms with Crippen molar-refractivity contribution in [2.45, 2.75) is 37.9 Å². The molecular formula is C14H16O4. The SMILES string of the molecule is O=C1OCCC1Oc1ccc2c(c1)CCCC2O. The van der Waals surface area contributed by atoms with Gasteiger partial charge in [-0.15, -0.1) is 0 Å². The number of aryl methyl sites for hydroxylation is 1. The maximum atomic E-state index is 11.3. The van der Waals surface area contributed by atoms with Crippen molar-refractivity contribution in [1.29, 1.82) is 0 Å². The zero-order valence-corrected chi connectivity index (χ0v) is 10.1. The van der Waals surface area contributed by atoms with Gasteiger partial charge in [0.1, 0.15) is 5.75 Å². The highest BCUT2D eigenvalue weighted by Gasteiger charge is 2.28. The summed E-state index contributed by atoms with van der Waals surface area (Å²) < 4.78 is 10.5. The lowest BCUT2D eigenvalue weighted by Crippen LogP contribution is -2.22. The Balaban J connectivity index is 1.79. The van der Waals surface area contributed by atoms with Crippen molar-refractivity contribution in [3.8, 4) is 5.75 Å². The molecular weight excluding hydrogens is 232 g/mol. The van der Waals surface area contributed by atoms with Gasteiger partial charge in [0, 0.05) is 6.42 Å². The monoisotopic (exact) mass is 248 g/mol. The maximum Gasteiger partial charge on any atom is 0.347 e. The number of cyclic esters (lactones) is 1. The van der Waals surface area contributed by atoms with Crippen molar-refractivity contribution in [3.05, 3.63) is 29.3 Å². The van der Waals surface area contributed by atoms with Gasteiger partial charge in [0.15, 0.2) is 6.10 Å². The molecule has 0 bridgehead atoms. The zero-order chi connectivity index (χ0) is 12.5. The molecule has 1 fully saturated rings. The third kappa shape index (κ3) is 2.08. The molecule has 0 aromatic heterocycles. The predicted octanol–water partition coefficient (Wildman–Crippen LogP) is 1.75. The largest absolute Gasteiger partial charge is 0.479 e. The van der Waals surface area contributed by atoms with Gasteiger partial charge in [-0.3, -0.25) is 0 Å². The average Bonchev–Trinajstić information content (AvgIpc) is 2.75. The van der Waals surface area contributed by atoms with Crippen LogP contribution in [0.15, 0.2) is 18.2 Å². The van der Waals surface area contributed by atoms with E-state index in [4.69, 9.17) is 9.47 Å². The van der Waals surface area contributed by atoms with Gasteiger partial charge in [0.25, 0.3) is 0 Å². The Kier molecular flexibility index (Phi) is 2.96. The van der Waals surface area contributed by atoms with Gasteiger partial charge in [-0.1, -0.05) is 6.07 Å². The Labute approximate surface area is 106 Å². The van der Waals surface area contributed by atoms with E-state index in [2.05, 4.69) is 0 Å². The van der Waals surface area contributed by atoms with E-state index in [1.807, 2.05) is 18.2 Å². The van der Waals surface area contributed by atoms with Gasteiger partial charge in [-0.2, -0.15) is 0 Å². The minimum Gasteiger partial charge on any atom is -0.479 e.